The second-order valence-corrected chi connectivity index (χ2v) is 6.22. The van der Waals surface area contributed by atoms with E-state index in [0.29, 0.717) is 17.9 Å². The highest BCUT2D eigenvalue weighted by Crippen LogP contribution is 2.25. The van der Waals surface area contributed by atoms with Crippen LogP contribution in [0.25, 0.3) is 0 Å². The molecule has 0 amide bonds. The summed E-state index contributed by atoms with van der Waals surface area (Å²) in [6.45, 7) is 5.82. The number of aromatic nitrogens is 2. The minimum Gasteiger partial charge on any atom is -0.489 e. The van der Waals surface area contributed by atoms with Crippen LogP contribution in [-0.4, -0.2) is 27.7 Å². The van der Waals surface area contributed by atoms with Crippen molar-refractivity contribution in [3.63, 3.8) is 0 Å². The van der Waals surface area contributed by atoms with Gasteiger partial charge in [-0.15, -0.1) is 0 Å². The summed E-state index contributed by atoms with van der Waals surface area (Å²) in [7, 11) is 0. The molecule has 0 aliphatic heterocycles. The first kappa shape index (κ1) is 19.8. The number of rotatable bonds is 9. The zero-order chi connectivity index (χ0) is 19.0. The van der Waals surface area contributed by atoms with Gasteiger partial charge in [0.25, 0.3) is 0 Å². The van der Waals surface area contributed by atoms with Gasteiger partial charge in [0.1, 0.15) is 18.2 Å². The number of benzene rings is 1. The first-order chi connectivity index (χ1) is 12.5. The van der Waals surface area contributed by atoms with Crippen LogP contribution in [-0.2, 0) is 28.2 Å². The second-order valence-electron chi connectivity index (χ2n) is 6.22. The lowest BCUT2D eigenvalue weighted by atomic mass is 9.96. The Bertz CT molecular complexity index is 697. The number of carbonyl (C=O) groups excluding carboxylic acids is 1. The maximum atomic E-state index is 11.8. The summed E-state index contributed by atoms with van der Waals surface area (Å²) in [5.74, 6) is 0.804. The predicted octanol–water partition coefficient (Wildman–Crippen LogP) is 3.17. The lowest BCUT2D eigenvalue weighted by molar-refractivity contribution is -0.164. The molecule has 140 valence electrons. The SMILES string of the molecule is CCCCc1ncc(COc2ccc(C(C)(O)C(=O)OCC)cc2)cn1. The lowest BCUT2D eigenvalue weighted by Gasteiger charge is -2.21. The zero-order valence-corrected chi connectivity index (χ0v) is 15.6. The molecule has 0 bridgehead atoms. The Morgan fingerprint density at radius 2 is 1.81 bits per heavy atom. The molecule has 1 aromatic heterocycles. The molecule has 0 spiro atoms. The first-order valence-corrected chi connectivity index (χ1v) is 8.90. The van der Waals surface area contributed by atoms with Gasteiger partial charge < -0.3 is 14.6 Å². The molecule has 1 N–H and O–H groups in total. The first-order valence-electron chi connectivity index (χ1n) is 8.90. The van der Waals surface area contributed by atoms with Crippen molar-refractivity contribution in [2.45, 2.75) is 52.2 Å². The van der Waals surface area contributed by atoms with Crippen LogP contribution in [0.2, 0.25) is 0 Å². The van der Waals surface area contributed by atoms with Gasteiger partial charge >= 0.3 is 5.97 Å². The summed E-state index contributed by atoms with van der Waals surface area (Å²) in [6, 6.07) is 6.71. The second kappa shape index (κ2) is 9.29. The molecule has 1 unspecified atom stereocenters. The van der Waals surface area contributed by atoms with E-state index in [1.165, 1.54) is 6.92 Å². The van der Waals surface area contributed by atoms with Gasteiger partial charge in [0, 0.05) is 24.4 Å². The number of esters is 1. The van der Waals surface area contributed by atoms with Crippen LogP contribution in [0.1, 0.15) is 50.6 Å². The quantitative estimate of drug-likeness (QED) is 0.694. The minimum absolute atomic E-state index is 0.218. The number of aryl methyl sites for hydroxylation is 1. The van der Waals surface area contributed by atoms with Crippen LogP contribution in [0.4, 0.5) is 0 Å². The monoisotopic (exact) mass is 358 g/mol. The third-order valence-electron chi connectivity index (χ3n) is 4.01. The van der Waals surface area contributed by atoms with E-state index < -0.39 is 11.6 Å². The molecule has 1 atom stereocenters. The number of hydrogen-bond acceptors (Lipinski definition) is 6. The van der Waals surface area contributed by atoms with Crippen LogP contribution < -0.4 is 4.74 Å². The van der Waals surface area contributed by atoms with Gasteiger partial charge in [-0.2, -0.15) is 0 Å². The maximum Gasteiger partial charge on any atom is 0.342 e. The molecule has 0 aliphatic rings. The van der Waals surface area contributed by atoms with E-state index in [1.54, 1.807) is 43.6 Å². The number of ether oxygens (including phenoxy) is 2. The van der Waals surface area contributed by atoms with E-state index in [9.17, 15) is 9.90 Å². The standard InChI is InChI=1S/C20H26N2O4/c1-4-6-7-18-21-12-15(13-22-18)14-26-17-10-8-16(9-11-17)20(3,24)19(23)25-5-2/h8-13,24H,4-7,14H2,1-3H3. The topological polar surface area (TPSA) is 81.5 Å². The number of carbonyl (C=O) groups is 1. The van der Waals surface area contributed by atoms with Crippen LogP contribution in [0.5, 0.6) is 5.75 Å². The molecule has 0 saturated carbocycles. The summed E-state index contributed by atoms with van der Waals surface area (Å²) in [5.41, 5.74) is -0.351. The fourth-order valence-electron chi connectivity index (χ4n) is 2.35. The predicted molar refractivity (Wildman–Crippen MR) is 97.6 cm³/mol. The van der Waals surface area contributed by atoms with Crippen molar-refractivity contribution >= 4 is 5.97 Å². The smallest absolute Gasteiger partial charge is 0.342 e. The van der Waals surface area contributed by atoms with E-state index >= 15 is 0 Å². The van der Waals surface area contributed by atoms with Gasteiger partial charge in [-0.05, 0) is 38.0 Å². The van der Waals surface area contributed by atoms with Crippen molar-refractivity contribution in [2.75, 3.05) is 6.61 Å². The molecule has 0 saturated heterocycles. The molecule has 0 fully saturated rings. The summed E-state index contributed by atoms with van der Waals surface area (Å²) in [5, 5.41) is 10.3. The maximum absolute atomic E-state index is 11.8. The Kier molecular flexibility index (Phi) is 7.09. The van der Waals surface area contributed by atoms with Crippen molar-refractivity contribution in [2.24, 2.45) is 0 Å². The largest absolute Gasteiger partial charge is 0.489 e. The normalized spacial score (nSPS) is 13.1. The van der Waals surface area contributed by atoms with Gasteiger partial charge in [-0.25, -0.2) is 14.8 Å². The van der Waals surface area contributed by atoms with E-state index in [4.69, 9.17) is 9.47 Å². The summed E-state index contributed by atoms with van der Waals surface area (Å²) < 4.78 is 10.6. The number of unbranched alkanes of at least 4 members (excludes halogenated alkanes) is 1. The highest BCUT2D eigenvalue weighted by molar-refractivity contribution is 5.80. The van der Waals surface area contributed by atoms with Gasteiger partial charge in [0.2, 0.25) is 0 Å². The van der Waals surface area contributed by atoms with E-state index in [1.807, 2.05) is 0 Å². The van der Waals surface area contributed by atoms with Crippen molar-refractivity contribution in [1.29, 1.82) is 0 Å². The molecule has 6 heteroatoms. The number of aliphatic hydroxyl groups is 1. The fraction of sp³-hybridized carbons (Fsp3) is 0.450. The van der Waals surface area contributed by atoms with Crippen molar-refractivity contribution in [3.05, 3.63) is 53.6 Å². The summed E-state index contributed by atoms with van der Waals surface area (Å²) in [4.78, 5) is 20.5. The van der Waals surface area contributed by atoms with E-state index in [0.717, 1.165) is 30.7 Å². The highest BCUT2D eigenvalue weighted by Gasteiger charge is 2.33. The molecular formula is C20H26N2O4. The molecule has 6 nitrogen and oxygen atoms in total. The average Bonchev–Trinajstić information content (AvgIpc) is 2.66. The van der Waals surface area contributed by atoms with Gasteiger partial charge in [0.15, 0.2) is 5.60 Å². The summed E-state index contributed by atoms with van der Waals surface area (Å²) >= 11 is 0. The van der Waals surface area contributed by atoms with Gasteiger partial charge in [0.05, 0.1) is 6.61 Å². The molecule has 1 heterocycles. The molecule has 0 aliphatic carbocycles. The molecular weight excluding hydrogens is 332 g/mol. The Balaban J connectivity index is 1.94. The highest BCUT2D eigenvalue weighted by atomic mass is 16.5. The lowest BCUT2D eigenvalue weighted by Crippen LogP contribution is -2.34. The molecule has 26 heavy (non-hydrogen) atoms. The number of hydrogen-bond donors (Lipinski definition) is 1. The van der Waals surface area contributed by atoms with Crippen molar-refractivity contribution in [1.82, 2.24) is 9.97 Å². The fourth-order valence-corrected chi connectivity index (χ4v) is 2.35. The van der Waals surface area contributed by atoms with Gasteiger partial charge in [-0.1, -0.05) is 25.5 Å². The van der Waals surface area contributed by atoms with Crippen LogP contribution in [0.15, 0.2) is 36.7 Å². The third-order valence-corrected chi connectivity index (χ3v) is 4.01. The van der Waals surface area contributed by atoms with Crippen LogP contribution >= 0.6 is 0 Å². The van der Waals surface area contributed by atoms with Crippen LogP contribution in [0, 0.1) is 0 Å². The molecule has 2 aromatic rings. The van der Waals surface area contributed by atoms with Crippen molar-refractivity contribution < 1.29 is 19.4 Å². The zero-order valence-electron chi connectivity index (χ0n) is 15.6. The van der Waals surface area contributed by atoms with Gasteiger partial charge in [-0.3, -0.25) is 0 Å². The Hall–Kier alpha value is -2.47. The van der Waals surface area contributed by atoms with Crippen molar-refractivity contribution in [3.8, 4) is 5.75 Å². The van der Waals surface area contributed by atoms with Crippen LogP contribution in [0.3, 0.4) is 0 Å². The Morgan fingerprint density at radius 3 is 2.38 bits per heavy atom. The molecule has 2 rings (SSSR count). The number of nitrogens with zero attached hydrogens (tertiary/aromatic N) is 2. The average molecular weight is 358 g/mol. The molecule has 1 aromatic carbocycles. The Morgan fingerprint density at radius 1 is 1.15 bits per heavy atom. The Labute approximate surface area is 154 Å². The molecule has 0 radical (unpaired) electrons. The summed E-state index contributed by atoms with van der Waals surface area (Å²) in [6.07, 6.45) is 6.64. The minimum atomic E-state index is -1.68. The van der Waals surface area contributed by atoms with E-state index in [-0.39, 0.29) is 6.61 Å². The third kappa shape index (κ3) is 5.26. The van der Waals surface area contributed by atoms with E-state index in [2.05, 4.69) is 16.9 Å².